The molecule has 0 spiro atoms. The summed E-state index contributed by atoms with van der Waals surface area (Å²) >= 11 is 0. The first-order chi connectivity index (χ1) is 8.47. The fraction of sp³-hybridized carbons (Fsp3) is 0.538. The molecule has 1 aliphatic carbocycles. The van der Waals surface area contributed by atoms with E-state index < -0.39 is 10.1 Å². The molecule has 0 amide bonds. The van der Waals surface area contributed by atoms with Gasteiger partial charge in [-0.25, -0.2) is 0 Å². The molecule has 0 saturated carbocycles. The maximum atomic E-state index is 10.6. The van der Waals surface area contributed by atoms with Crippen LogP contribution in [0.1, 0.15) is 35.6 Å². The van der Waals surface area contributed by atoms with Gasteiger partial charge in [-0.15, -0.1) is 0 Å². The van der Waals surface area contributed by atoms with Crippen LogP contribution in [0.15, 0.2) is 18.2 Å². The molecule has 1 aromatic carbocycles. The number of hydrogen-bond donors (Lipinski definition) is 2. The molecular formula is C13H19NO3S. The average Bonchev–Trinajstić information content (AvgIpc) is 2.68. The van der Waals surface area contributed by atoms with Crippen molar-refractivity contribution in [2.24, 2.45) is 0 Å². The van der Waals surface area contributed by atoms with Gasteiger partial charge in [-0.05, 0) is 49.4 Å². The maximum Gasteiger partial charge on any atom is 0.264 e. The lowest BCUT2D eigenvalue weighted by atomic mass is 10.0. The molecule has 0 saturated heterocycles. The number of hydrogen-bond acceptors (Lipinski definition) is 3. The Hall–Kier alpha value is -0.910. The first-order valence-corrected chi connectivity index (χ1v) is 7.85. The van der Waals surface area contributed by atoms with Gasteiger partial charge in [0.2, 0.25) is 0 Å². The zero-order valence-electron chi connectivity index (χ0n) is 10.5. The number of benzene rings is 1. The Balaban J connectivity index is 1.89. The smallest absolute Gasteiger partial charge is 0.264 e. The van der Waals surface area contributed by atoms with Crippen molar-refractivity contribution < 1.29 is 13.0 Å². The second kappa shape index (κ2) is 5.38. The van der Waals surface area contributed by atoms with Crippen LogP contribution in [-0.4, -0.2) is 25.3 Å². The van der Waals surface area contributed by atoms with E-state index in [2.05, 4.69) is 30.4 Å². The van der Waals surface area contributed by atoms with E-state index in [9.17, 15) is 8.42 Å². The first-order valence-electron chi connectivity index (χ1n) is 6.24. The average molecular weight is 269 g/mol. The fourth-order valence-corrected chi connectivity index (χ4v) is 3.09. The van der Waals surface area contributed by atoms with Gasteiger partial charge in [0.1, 0.15) is 0 Å². The predicted molar refractivity (Wildman–Crippen MR) is 71.3 cm³/mol. The van der Waals surface area contributed by atoms with E-state index in [0.29, 0.717) is 19.0 Å². The first kappa shape index (κ1) is 13.5. The van der Waals surface area contributed by atoms with Crippen LogP contribution in [0.3, 0.4) is 0 Å². The summed E-state index contributed by atoms with van der Waals surface area (Å²) in [4.78, 5) is 0. The molecule has 1 aromatic rings. The monoisotopic (exact) mass is 269 g/mol. The van der Waals surface area contributed by atoms with Crippen molar-refractivity contribution in [2.45, 2.75) is 32.2 Å². The quantitative estimate of drug-likeness (QED) is 0.632. The van der Waals surface area contributed by atoms with Crippen molar-refractivity contribution in [3.63, 3.8) is 0 Å². The SMILES string of the molecule is Cc1cccc2c1CCC2NCCCS(=O)(=O)O. The molecule has 18 heavy (non-hydrogen) atoms. The highest BCUT2D eigenvalue weighted by atomic mass is 32.2. The third-order valence-electron chi connectivity index (χ3n) is 3.47. The summed E-state index contributed by atoms with van der Waals surface area (Å²) in [5, 5.41) is 3.36. The number of rotatable bonds is 5. The van der Waals surface area contributed by atoms with E-state index >= 15 is 0 Å². The summed E-state index contributed by atoms with van der Waals surface area (Å²) in [6, 6.07) is 6.64. The van der Waals surface area contributed by atoms with Gasteiger partial charge < -0.3 is 5.32 Å². The van der Waals surface area contributed by atoms with E-state index in [0.717, 1.165) is 12.8 Å². The normalized spacial score (nSPS) is 18.9. The number of fused-ring (bicyclic) bond motifs is 1. The van der Waals surface area contributed by atoms with Crippen LogP contribution < -0.4 is 5.32 Å². The molecule has 1 aliphatic rings. The van der Waals surface area contributed by atoms with Gasteiger partial charge in [0.25, 0.3) is 10.1 Å². The molecule has 2 rings (SSSR count). The summed E-state index contributed by atoms with van der Waals surface area (Å²) < 4.78 is 29.8. The number of aryl methyl sites for hydroxylation is 1. The topological polar surface area (TPSA) is 66.4 Å². The van der Waals surface area contributed by atoms with E-state index in [1.807, 2.05) is 0 Å². The zero-order valence-corrected chi connectivity index (χ0v) is 11.3. The highest BCUT2D eigenvalue weighted by Crippen LogP contribution is 2.32. The summed E-state index contributed by atoms with van der Waals surface area (Å²) in [6.45, 7) is 2.73. The molecular weight excluding hydrogens is 250 g/mol. The maximum absolute atomic E-state index is 10.6. The standard InChI is InChI=1S/C13H19NO3S/c1-10-4-2-5-12-11(10)6-7-13(12)14-8-3-9-18(15,16)17/h2,4-5,13-14H,3,6-9H2,1H3,(H,15,16,17). The van der Waals surface area contributed by atoms with Crippen LogP contribution in [-0.2, 0) is 16.5 Å². The molecule has 1 unspecified atom stereocenters. The van der Waals surface area contributed by atoms with Crippen LogP contribution in [0, 0.1) is 6.92 Å². The zero-order chi connectivity index (χ0) is 13.2. The van der Waals surface area contributed by atoms with Crippen molar-refractivity contribution in [1.82, 2.24) is 5.32 Å². The lowest BCUT2D eigenvalue weighted by molar-refractivity contribution is 0.475. The minimum Gasteiger partial charge on any atom is -0.310 e. The molecule has 1 atom stereocenters. The highest BCUT2D eigenvalue weighted by molar-refractivity contribution is 7.85. The van der Waals surface area contributed by atoms with Gasteiger partial charge in [-0.2, -0.15) is 8.42 Å². The van der Waals surface area contributed by atoms with E-state index in [1.165, 1.54) is 16.7 Å². The molecule has 0 aromatic heterocycles. The van der Waals surface area contributed by atoms with Gasteiger partial charge in [-0.1, -0.05) is 18.2 Å². The lowest BCUT2D eigenvalue weighted by Crippen LogP contribution is -2.22. The van der Waals surface area contributed by atoms with Crippen molar-refractivity contribution in [3.8, 4) is 0 Å². The Kier molecular flexibility index (Phi) is 4.04. The van der Waals surface area contributed by atoms with E-state index in [1.54, 1.807) is 0 Å². The summed E-state index contributed by atoms with van der Waals surface area (Å²) in [5.74, 6) is -0.173. The molecule has 0 radical (unpaired) electrons. The molecule has 0 bridgehead atoms. The van der Waals surface area contributed by atoms with Crippen molar-refractivity contribution in [2.75, 3.05) is 12.3 Å². The third-order valence-corrected chi connectivity index (χ3v) is 4.28. The Morgan fingerprint density at radius 3 is 2.94 bits per heavy atom. The molecule has 5 heteroatoms. The molecule has 4 nitrogen and oxygen atoms in total. The van der Waals surface area contributed by atoms with Crippen LogP contribution in [0.4, 0.5) is 0 Å². The Morgan fingerprint density at radius 1 is 1.44 bits per heavy atom. The molecule has 0 fully saturated rings. The minimum absolute atomic E-state index is 0.173. The molecule has 2 N–H and O–H groups in total. The molecule has 0 aliphatic heterocycles. The third kappa shape index (κ3) is 3.31. The Labute approximate surface area is 108 Å². The van der Waals surface area contributed by atoms with Gasteiger partial charge in [-0.3, -0.25) is 4.55 Å². The summed E-state index contributed by atoms with van der Waals surface area (Å²) in [7, 11) is -3.83. The second-order valence-electron chi connectivity index (χ2n) is 4.83. The van der Waals surface area contributed by atoms with Crippen LogP contribution in [0.25, 0.3) is 0 Å². The second-order valence-corrected chi connectivity index (χ2v) is 6.40. The van der Waals surface area contributed by atoms with E-state index in [-0.39, 0.29) is 5.75 Å². The fourth-order valence-electron chi connectivity index (χ4n) is 2.58. The van der Waals surface area contributed by atoms with Crippen molar-refractivity contribution in [3.05, 3.63) is 34.9 Å². The lowest BCUT2D eigenvalue weighted by Gasteiger charge is -2.14. The number of nitrogens with one attached hydrogen (secondary N) is 1. The summed E-state index contributed by atoms with van der Waals surface area (Å²) in [6.07, 6.45) is 2.58. The van der Waals surface area contributed by atoms with Gasteiger partial charge in [0, 0.05) is 6.04 Å². The van der Waals surface area contributed by atoms with Gasteiger partial charge in [0.15, 0.2) is 0 Å². The highest BCUT2D eigenvalue weighted by Gasteiger charge is 2.22. The van der Waals surface area contributed by atoms with E-state index in [4.69, 9.17) is 4.55 Å². The van der Waals surface area contributed by atoms with Crippen LogP contribution in [0.5, 0.6) is 0 Å². The van der Waals surface area contributed by atoms with Crippen molar-refractivity contribution in [1.29, 1.82) is 0 Å². The predicted octanol–water partition coefficient (Wildman–Crippen LogP) is 1.85. The summed E-state index contributed by atoms with van der Waals surface area (Å²) in [5.41, 5.74) is 4.08. The largest absolute Gasteiger partial charge is 0.310 e. The molecule has 100 valence electrons. The Morgan fingerprint density at radius 2 is 2.22 bits per heavy atom. The minimum atomic E-state index is -3.83. The van der Waals surface area contributed by atoms with Gasteiger partial charge in [0.05, 0.1) is 5.75 Å². The van der Waals surface area contributed by atoms with Crippen LogP contribution in [0.2, 0.25) is 0 Å². The molecule has 0 heterocycles. The van der Waals surface area contributed by atoms with Crippen molar-refractivity contribution >= 4 is 10.1 Å². The Bertz CT molecular complexity index is 525. The van der Waals surface area contributed by atoms with Crippen LogP contribution >= 0.6 is 0 Å². The van der Waals surface area contributed by atoms with Gasteiger partial charge >= 0.3 is 0 Å².